The highest BCUT2D eigenvalue weighted by molar-refractivity contribution is 6.00. The number of carbonyl (C=O) groups is 1. The molecule has 0 unspecified atom stereocenters. The van der Waals surface area contributed by atoms with Crippen molar-refractivity contribution in [3.05, 3.63) is 115 Å². The van der Waals surface area contributed by atoms with Crippen molar-refractivity contribution in [2.75, 3.05) is 5.32 Å². The number of rotatable bonds is 6. The molecule has 0 saturated heterocycles. The second-order valence-electron chi connectivity index (χ2n) is 9.68. The van der Waals surface area contributed by atoms with Gasteiger partial charge in [0.25, 0.3) is 0 Å². The number of hydrogen-bond acceptors (Lipinski definition) is 5. The number of anilines is 1. The highest BCUT2D eigenvalue weighted by atomic mass is 19.1. The number of nitrogens with zero attached hydrogens (tertiary/aromatic N) is 4. The van der Waals surface area contributed by atoms with E-state index in [-0.39, 0.29) is 18.1 Å². The van der Waals surface area contributed by atoms with Crippen LogP contribution in [-0.2, 0) is 11.2 Å². The maximum atomic E-state index is 13.9. The molecule has 0 aliphatic heterocycles. The molecule has 3 N–H and O–H groups in total. The summed E-state index contributed by atoms with van der Waals surface area (Å²) >= 11 is 0. The van der Waals surface area contributed by atoms with Crippen LogP contribution in [0.15, 0.2) is 104 Å². The smallest absolute Gasteiger partial charge is 0.228 e. The molecular formula is C32H22FN7O. The summed E-state index contributed by atoms with van der Waals surface area (Å²) in [4.78, 5) is 29.5. The highest BCUT2D eigenvalue weighted by Gasteiger charge is 2.16. The topological polar surface area (TPSA) is 112 Å². The van der Waals surface area contributed by atoms with Gasteiger partial charge in [0.2, 0.25) is 5.91 Å². The third-order valence-electron chi connectivity index (χ3n) is 6.87. The number of hydrogen-bond donors (Lipinski definition) is 3. The average molecular weight is 540 g/mol. The molecule has 198 valence electrons. The molecule has 2 aromatic carbocycles. The lowest BCUT2D eigenvalue weighted by Crippen LogP contribution is -2.14. The van der Waals surface area contributed by atoms with E-state index >= 15 is 0 Å². The highest BCUT2D eigenvalue weighted by Crippen LogP contribution is 2.34. The molecule has 0 spiro atoms. The van der Waals surface area contributed by atoms with Gasteiger partial charge in [0.15, 0.2) is 0 Å². The van der Waals surface area contributed by atoms with Gasteiger partial charge in [0.05, 0.1) is 46.9 Å². The van der Waals surface area contributed by atoms with Crippen molar-refractivity contribution in [1.29, 1.82) is 0 Å². The number of aromatic amines is 2. The van der Waals surface area contributed by atoms with E-state index < -0.39 is 0 Å². The summed E-state index contributed by atoms with van der Waals surface area (Å²) in [6.07, 6.45) is 7.06. The molecule has 0 aliphatic rings. The van der Waals surface area contributed by atoms with E-state index in [9.17, 15) is 9.18 Å². The Labute approximate surface area is 233 Å². The number of carbonyl (C=O) groups excluding carboxylic acids is 1. The Balaban J connectivity index is 1.21. The quantitative estimate of drug-likeness (QED) is 0.222. The fourth-order valence-electron chi connectivity index (χ4n) is 4.95. The first kappa shape index (κ1) is 24.3. The number of benzene rings is 2. The predicted molar refractivity (Wildman–Crippen MR) is 156 cm³/mol. The average Bonchev–Trinajstić information content (AvgIpc) is 3.61. The van der Waals surface area contributed by atoms with Crippen molar-refractivity contribution in [3.8, 4) is 33.8 Å². The Hall–Kier alpha value is -5.70. The van der Waals surface area contributed by atoms with Crippen molar-refractivity contribution in [2.45, 2.75) is 6.42 Å². The Bertz CT molecular complexity index is 2050. The lowest BCUT2D eigenvalue weighted by Gasteiger charge is -2.07. The minimum atomic E-state index is -0.306. The molecule has 0 bridgehead atoms. The summed E-state index contributed by atoms with van der Waals surface area (Å²) in [7, 11) is 0. The van der Waals surface area contributed by atoms with Gasteiger partial charge in [0, 0.05) is 28.9 Å². The Kier molecular flexibility index (Phi) is 6.01. The number of pyridine rings is 3. The summed E-state index contributed by atoms with van der Waals surface area (Å²) < 4.78 is 13.9. The van der Waals surface area contributed by atoms with E-state index in [1.165, 1.54) is 12.1 Å². The maximum absolute atomic E-state index is 13.9. The minimum absolute atomic E-state index is 0.124. The normalized spacial score (nSPS) is 11.2. The van der Waals surface area contributed by atoms with Gasteiger partial charge in [-0.2, -0.15) is 5.10 Å². The van der Waals surface area contributed by atoms with Gasteiger partial charge in [-0.15, -0.1) is 0 Å². The van der Waals surface area contributed by atoms with E-state index in [1.54, 1.807) is 30.9 Å². The zero-order valence-corrected chi connectivity index (χ0v) is 21.6. The van der Waals surface area contributed by atoms with Crippen LogP contribution in [-0.4, -0.2) is 36.0 Å². The third-order valence-corrected chi connectivity index (χ3v) is 6.87. The standard InChI is InChI=1S/C32H22FN7O/c33-22-8-4-7-20(12-22)25-17-35-18-29-24(25)14-28(37-29)32-31-27(39-40-32)10-9-26(38-31)21-13-23(16-34-15-21)36-30(41)11-19-5-2-1-3-6-19/h1-10,12-18,37H,11H2,(H,36,41)(H,39,40). The zero-order chi connectivity index (χ0) is 27.8. The first-order chi connectivity index (χ1) is 20.1. The molecule has 5 heterocycles. The summed E-state index contributed by atoms with van der Waals surface area (Å²) in [5.41, 5.74) is 8.16. The van der Waals surface area contributed by atoms with Crippen LogP contribution in [0.3, 0.4) is 0 Å². The molecule has 7 rings (SSSR count). The van der Waals surface area contributed by atoms with E-state index in [2.05, 4.69) is 30.5 Å². The Morgan fingerprint density at radius 2 is 1.71 bits per heavy atom. The summed E-state index contributed by atoms with van der Waals surface area (Å²) in [5, 5.41) is 11.4. The zero-order valence-electron chi connectivity index (χ0n) is 21.6. The lowest BCUT2D eigenvalue weighted by molar-refractivity contribution is -0.115. The van der Waals surface area contributed by atoms with Gasteiger partial charge < -0.3 is 10.3 Å². The summed E-state index contributed by atoms with van der Waals surface area (Å²) in [5.74, 6) is -0.429. The molecule has 0 aliphatic carbocycles. The van der Waals surface area contributed by atoms with Gasteiger partial charge in [-0.3, -0.25) is 19.9 Å². The second kappa shape index (κ2) is 10.1. The first-order valence-corrected chi connectivity index (χ1v) is 13.0. The van der Waals surface area contributed by atoms with E-state index in [1.807, 2.05) is 60.7 Å². The number of aromatic nitrogens is 6. The van der Waals surface area contributed by atoms with Crippen LogP contribution in [0.1, 0.15) is 5.56 Å². The SMILES string of the molecule is O=C(Cc1ccccc1)Nc1cncc(-c2ccc3[nH]nc(-c4cc5c(-c6cccc(F)c6)cncc5[nH]4)c3n2)c1. The van der Waals surface area contributed by atoms with Crippen molar-refractivity contribution < 1.29 is 9.18 Å². The molecule has 7 aromatic rings. The third kappa shape index (κ3) is 4.80. The summed E-state index contributed by atoms with van der Waals surface area (Å²) in [6, 6.07) is 23.7. The van der Waals surface area contributed by atoms with Gasteiger partial charge >= 0.3 is 0 Å². The molecular weight excluding hydrogens is 517 g/mol. The number of fused-ring (bicyclic) bond motifs is 2. The molecule has 0 saturated carbocycles. The molecule has 1 amide bonds. The Morgan fingerprint density at radius 3 is 2.59 bits per heavy atom. The van der Waals surface area contributed by atoms with Crippen LogP contribution in [0, 0.1) is 5.82 Å². The number of halogens is 1. The number of H-pyrrole nitrogens is 2. The second-order valence-corrected chi connectivity index (χ2v) is 9.68. The van der Waals surface area contributed by atoms with Crippen molar-refractivity contribution in [2.24, 2.45) is 0 Å². The molecule has 8 nitrogen and oxygen atoms in total. The monoisotopic (exact) mass is 539 g/mol. The predicted octanol–water partition coefficient (Wildman–Crippen LogP) is 6.55. The Morgan fingerprint density at radius 1 is 0.829 bits per heavy atom. The summed E-state index contributed by atoms with van der Waals surface area (Å²) in [6.45, 7) is 0. The van der Waals surface area contributed by atoms with E-state index in [0.717, 1.165) is 44.4 Å². The minimum Gasteiger partial charge on any atom is -0.352 e. The molecule has 9 heteroatoms. The van der Waals surface area contributed by atoms with Gasteiger partial charge in [-0.05, 0) is 47.5 Å². The van der Waals surface area contributed by atoms with Crippen molar-refractivity contribution in [1.82, 2.24) is 30.1 Å². The fraction of sp³-hybridized carbons (Fsp3) is 0.0312. The molecule has 41 heavy (non-hydrogen) atoms. The molecule has 0 radical (unpaired) electrons. The largest absolute Gasteiger partial charge is 0.352 e. The molecule has 5 aromatic heterocycles. The van der Waals surface area contributed by atoms with E-state index in [4.69, 9.17) is 4.98 Å². The van der Waals surface area contributed by atoms with Crippen LogP contribution >= 0.6 is 0 Å². The molecule has 0 fully saturated rings. The van der Waals surface area contributed by atoms with Crippen LogP contribution in [0.5, 0.6) is 0 Å². The van der Waals surface area contributed by atoms with Gasteiger partial charge in [0.1, 0.15) is 17.0 Å². The molecule has 0 atom stereocenters. The van der Waals surface area contributed by atoms with E-state index in [0.29, 0.717) is 22.6 Å². The van der Waals surface area contributed by atoms with Crippen molar-refractivity contribution in [3.63, 3.8) is 0 Å². The number of nitrogens with one attached hydrogen (secondary N) is 3. The first-order valence-electron chi connectivity index (χ1n) is 13.0. The van der Waals surface area contributed by atoms with Gasteiger partial charge in [-0.1, -0.05) is 42.5 Å². The number of amides is 1. The van der Waals surface area contributed by atoms with Crippen molar-refractivity contribution >= 4 is 33.5 Å². The fourth-order valence-corrected chi connectivity index (χ4v) is 4.95. The van der Waals surface area contributed by atoms with Gasteiger partial charge in [-0.25, -0.2) is 9.37 Å². The maximum Gasteiger partial charge on any atom is 0.228 e. The van der Waals surface area contributed by atoms with Crippen LogP contribution in [0.2, 0.25) is 0 Å². The van der Waals surface area contributed by atoms with Crippen LogP contribution < -0.4 is 5.32 Å². The van der Waals surface area contributed by atoms with Crippen LogP contribution in [0.25, 0.3) is 55.7 Å². The van der Waals surface area contributed by atoms with Crippen LogP contribution in [0.4, 0.5) is 10.1 Å². The lowest BCUT2D eigenvalue weighted by atomic mass is 10.0.